The second kappa shape index (κ2) is 7.36. The zero-order valence-electron chi connectivity index (χ0n) is 13.1. The van der Waals surface area contributed by atoms with E-state index in [1.54, 1.807) is 0 Å². The molecule has 1 aromatic heterocycles. The Balaban J connectivity index is 2.39. The van der Waals surface area contributed by atoms with Gasteiger partial charge in [0.25, 0.3) is 0 Å². The van der Waals surface area contributed by atoms with Crippen LogP contribution in [0.2, 0.25) is 0 Å². The minimum absolute atomic E-state index is 0.0540. The Labute approximate surface area is 126 Å². The third-order valence-electron chi connectivity index (χ3n) is 3.62. The summed E-state index contributed by atoms with van der Waals surface area (Å²) in [5, 5.41) is 8.17. The summed E-state index contributed by atoms with van der Waals surface area (Å²) < 4.78 is 15.2. The normalized spacial score (nSPS) is 12.6. The molecule has 0 aliphatic heterocycles. The number of aryl methyl sites for hydroxylation is 2. The molecule has 0 fully saturated rings. The number of halogens is 1. The van der Waals surface area contributed by atoms with Gasteiger partial charge in [0.05, 0.1) is 17.4 Å². The largest absolute Gasteiger partial charge is 0.305 e. The maximum Gasteiger partial charge on any atom is 0.123 e. The molecule has 0 radical (unpaired) electrons. The van der Waals surface area contributed by atoms with Crippen LogP contribution in [0.25, 0.3) is 0 Å². The molecule has 0 spiro atoms. The summed E-state index contributed by atoms with van der Waals surface area (Å²) in [6.07, 6.45) is 1.97. The van der Waals surface area contributed by atoms with Crippen LogP contribution >= 0.6 is 0 Å². The van der Waals surface area contributed by atoms with Gasteiger partial charge in [-0.3, -0.25) is 4.68 Å². The molecule has 0 bridgehead atoms. The van der Waals surface area contributed by atoms with E-state index in [9.17, 15) is 4.39 Å². The summed E-state index contributed by atoms with van der Waals surface area (Å²) in [6, 6.07) is 8.94. The molecular weight excluding hydrogens is 265 g/mol. The van der Waals surface area contributed by atoms with Crippen LogP contribution in [-0.2, 0) is 13.0 Å². The molecule has 2 aromatic rings. The van der Waals surface area contributed by atoms with Gasteiger partial charge in [-0.05, 0) is 50.1 Å². The van der Waals surface area contributed by atoms with Crippen LogP contribution < -0.4 is 5.32 Å². The summed E-state index contributed by atoms with van der Waals surface area (Å²) in [4.78, 5) is 0. The second-order valence-electron chi connectivity index (χ2n) is 5.17. The molecule has 1 N–H and O–H groups in total. The molecule has 2 rings (SSSR count). The number of benzene rings is 1. The summed E-state index contributed by atoms with van der Waals surface area (Å²) in [5.74, 6) is -0.203. The highest BCUT2D eigenvalue weighted by molar-refractivity contribution is 5.29. The zero-order chi connectivity index (χ0) is 15.2. The van der Waals surface area contributed by atoms with E-state index in [1.165, 1.54) is 12.1 Å². The molecule has 3 nitrogen and oxygen atoms in total. The van der Waals surface area contributed by atoms with Gasteiger partial charge < -0.3 is 5.32 Å². The quantitative estimate of drug-likeness (QED) is 0.842. The molecule has 0 amide bonds. The number of rotatable bonds is 7. The summed E-state index contributed by atoms with van der Waals surface area (Å²) >= 11 is 0. The lowest BCUT2D eigenvalue weighted by atomic mass is 10.0. The van der Waals surface area contributed by atoms with Crippen molar-refractivity contribution in [3.63, 3.8) is 0 Å². The van der Waals surface area contributed by atoms with Gasteiger partial charge in [-0.25, -0.2) is 4.39 Å². The predicted octanol–water partition coefficient (Wildman–Crippen LogP) is 3.69. The summed E-state index contributed by atoms with van der Waals surface area (Å²) in [7, 11) is 0. The van der Waals surface area contributed by atoms with Crippen molar-refractivity contribution in [2.75, 3.05) is 6.54 Å². The van der Waals surface area contributed by atoms with E-state index in [1.807, 2.05) is 16.8 Å². The number of nitrogens with one attached hydrogen (secondary N) is 1. The number of aromatic nitrogens is 2. The molecule has 1 unspecified atom stereocenters. The van der Waals surface area contributed by atoms with Crippen molar-refractivity contribution < 1.29 is 4.39 Å². The molecule has 0 aliphatic carbocycles. The second-order valence-corrected chi connectivity index (χ2v) is 5.17. The fraction of sp³-hybridized carbons (Fsp3) is 0.471. The van der Waals surface area contributed by atoms with E-state index in [0.717, 1.165) is 42.9 Å². The molecule has 1 aromatic carbocycles. The first-order valence-electron chi connectivity index (χ1n) is 7.75. The number of hydrogen-bond acceptors (Lipinski definition) is 2. The van der Waals surface area contributed by atoms with Crippen molar-refractivity contribution in [3.05, 3.63) is 53.1 Å². The topological polar surface area (TPSA) is 29.9 Å². The lowest BCUT2D eigenvalue weighted by molar-refractivity contribution is 0.527. The van der Waals surface area contributed by atoms with Crippen molar-refractivity contribution in [2.24, 2.45) is 0 Å². The molecule has 114 valence electrons. The van der Waals surface area contributed by atoms with E-state index in [4.69, 9.17) is 0 Å². The van der Waals surface area contributed by atoms with Crippen molar-refractivity contribution >= 4 is 0 Å². The van der Waals surface area contributed by atoms with Crippen LogP contribution in [-0.4, -0.2) is 16.3 Å². The lowest BCUT2D eigenvalue weighted by Crippen LogP contribution is -2.25. The highest BCUT2D eigenvalue weighted by atomic mass is 19.1. The van der Waals surface area contributed by atoms with Gasteiger partial charge in [0, 0.05) is 6.54 Å². The first kappa shape index (κ1) is 15.7. The standard InChI is InChI=1S/C17H24FN3/c1-4-11-19-17(13-7-9-14(18)10-8-13)16-12-15(5-2)20-21(16)6-3/h7-10,12,17,19H,4-6,11H2,1-3H3. The Morgan fingerprint density at radius 1 is 1.19 bits per heavy atom. The maximum atomic E-state index is 13.2. The number of hydrogen-bond donors (Lipinski definition) is 1. The third kappa shape index (κ3) is 3.70. The van der Waals surface area contributed by atoms with E-state index >= 15 is 0 Å². The first-order valence-corrected chi connectivity index (χ1v) is 7.75. The van der Waals surface area contributed by atoms with Gasteiger partial charge in [0.15, 0.2) is 0 Å². The van der Waals surface area contributed by atoms with Crippen LogP contribution in [0.4, 0.5) is 4.39 Å². The van der Waals surface area contributed by atoms with Crippen molar-refractivity contribution in [1.82, 2.24) is 15.1 Å². The van der Waals surface area contributed by atoms with Gasteiger partial charge in [0.2, 0.25) is 0 Å². The van der Waals surface area contributed by atoms with Crippen molar-refractivity contribution in [3.8, 4) is 0 Å². The average Bonchev–Trinajstić information content (AvgIpc) is 2.92. The van der Waals surface area contributed by atoms with Gasteiger partial charge in [-0.15, -0.1) is 0 Å². The Morgan fingerprint density at radius 3 is 2.48 bits per heavy atom. The van der Waals surface area contributed by atoms with Crippen LogP contribution in [0, 0.1) is 5.82 Å². The molecule has 0 saturated heterocycles. The molecule has 21 heavy (non-hydrogen) atoms. The Bertz CT molecular complexity index is 560. The molecule has 0 saturated carbocycles. The Morgan fingerprint density at radius 2 is 1.90 bits per heavy atom. The van der Waals surface area contributed by atoms with E-state index in [-0.39, 0.29) is 11.9 Å². The fourth-order valence-corrected chi connectivity index (χ4v) is 2.48. The molecule has 1 atom stereocenters. The van der Waals surface area contributed by atoms with Crippen LogP contribution in [0.3, 0.4) is 0 Å². The van der Waals surface area contributed by atoms with Crippen LogP contribution in [0.5, 0.6) is 0 Å². The Hall–Kier alpha value is -1.68. The molecular formula is C17H24FN3. The van der Waals surface area contributed by atoms with E-state index in [2.05, 4.69) is 37.3 Å². The monoisotopic (exact) mass is 289 g/mol. The third-order valence-corrected chi connectivity index (χ3v) is 3.62. The van der Waals surface area contributed by atoms with Gasteiger partial charge in [-0.1, -0.05) is 26.0 Å². The van der Waals surface area contributed by atoms with Gasteiger partial charge >= 0.3 is 0 Å². The van der Waals surface area contributed by atoms with Crippen LogP contribution in [0.15, 0.2) is 30.3 Å². The molecule has 0 aliphatic rings. The van der Waals surface area contributed by atoms with Gasteiger partial charge in [-0.2, -0.15) is 5.10 Å². The first-order chi connectivity index (χ1) is 10.2. The molecule has 4 heteroatoms. The smallest absolute Gasteiger partial charge is 0.123 e. The van der Waals surface area contributed by atoms with E-state index < -0.39 is 0 Å². The van der Waals surface area contributed by atoms with Crippen molar-refractivity contribution in [2.45, 2.75) is 46.2 Å². The highest BCUT2D eigenvalue weighted by Gasteiger charge is 2.19. The maximum absolute atomic E-state index is 13.2. The minimum Gasteiger partial charge on any atom is -0.305 e. The minimum atomic E-state index is -0.203. The van der Waals surface area contributed by atoms with Crippen molar-refractivity contribution in [1.29, 1.82) is 0 Å². The SMILES string of the molecule is CCCNC(c1ccc(F)cc1)c1cc(CC)nn1CC. The Kier molecular flexibility index (Phi) is 5.51. The van der Waals surface area contributed by atoms with Gasteiger partial charge in [0.1, 0.15) is 5.82 Å². The molecule has 1 heterocycles. The zero-order valence-corrected chi connectivity index (χ0v) is 13.1. The predicted molar refractivity (Wildman–Crippen MR) is 83.8 cm³/mol. The number of nitrogens with zero attached hydrogens (tertiary/aromatic N) is 2. The van der Waals surface area contributed by atoms with E-state index in [0.29, 0.717) is 0 Å². The highest BCUT2D eigenvalue weighted by Crippen LogP contribution is 2.23. The van der Waals surface area contributed by atoms with Crippen LogP contribution in [0.1, 0.15) is 50.2 Å². The summed E-state index contributed by atoms with van der Waals surface area (Å²) in [6.45, 7) is 8.10. The average molecular weight is 289 g/mol. The fourth-order valence-electron chi connectivity index (χ4n) is 2.48. The summed E-state index contributed by atoms with van der Waals surface area (Å²) in [5.41, 5.74) is 3.31. The lowest BCUT2D eigenvalue weighted by Gasteiger charge is -2.20.